The van der Waals surface area contributed by atoms with Crippen LogP contribution in [0.4, 0.5) is 0 Å². The summed E-state index contributed by atoms with van der Waals surface area (Å²) in [6, 6.07) is 3.88. The SMILES string of the molecule is O=C(C1CCCC1)N1CCC(Cc2n[nH]c(=O)n2-c2cccs2)CC1. The van der Waals surface area contributed by atoms with Crippen molar-refractivity contribution in [2.75, 3.05) is 13.1 Å². The molecule has 0 aromatic carbocycles. The number of piperidine rings is 1. The number of aromatic nitrogens is 3. The topological polar surface area (TPSA) is 71.0 Å². The summed E-state index contributed by atoms with van der Waals surface area (Å²) in [7, 11) is 0. The third-order valence-electron chi connectivity index (χ3n) is 5.57. The van der Waals surface area contributed by atoms with E-state index >= 15 is 0 Å². The number of amides is 1. The van der Waals surface area contributed by atoms with Gasteiger partial charge in [0.1, 0.15) is 10.8 Å². The molecule has 6 nitrogen and oxygen atoms in total. The lowest BCUT2D eigenvalue weighted by Gasteiger charge is -2.33. The first-order valence-electron chi connectivity index (χ1n) is 9.21. The third-order valence-corrected chi connectivity index (χ3v) is 6.42. The average molecular weight is 360 g/mol. The van der Waals surface area contributed by atoms with Crippen molar-refractivity contribution in [3.8, 4) is 5.00 Å². The summed E-state index contributed by atoms with van der Waals surface area (Å²) in [4.78, 5) is 26.7. The predicted molar refractivity (Wildman–Crippen MR) is 97.0 cm³/mol. The van der Waals surface area contributed by atoms with E-state index in [2.05, 4.69) is 15.1 Å². The highest BCUT2D eigenvalue weighted by molar-refractivity contribution is 7.12. The van der Waals surface area contributed by atoms with Crippen molar-refractivity contribution in [3.63, 3.8) is 0 Å². The number of hydrogen-bond acceptors (Lipinski definition) is 4. The molecule has 0 bridgehead atoms. The molecular formula is C18H24N4O2S. The van der Waals surface area contributed by atoms with Crippen molar-refractivity contribution in [3.05, 3.63) is 33.8 Å². The van der Waals surface area contributed by atoms with Crippen LogP contribution in [0, 0.1) is 11.8 Å². The second-order valence-corrected chi connectivity index (χ2v) is 8.11. The molecule has 134 valence electrons. The zero-order chi connectivity index (χ0) is 17.2. The molecule has 1 saturated heterocycles. The maximum absolute atomic E-state index is 12.5. The van der Waals surface area contributed by atoms with Crippen molar-refractivity contribution in [1.29, 1.82) is 0 Å². The van der Waals surface area contributed by atoms with E-state index in [9.17, 15) is 9.59 Å². The van der Waals surface area contributed by atoms with Gasteiger partial charge in [0.25, 0.3) is 0 Å². The van der Waals surface area contributed by atoms with E-state index in [1.54, 1.807) is 4.57 Å². The van der Waals surface area contributed by atoms with Crippen LogP contribution >= 0.6 is 11.3 Å². The Kier molecular flexibility index (Phi) is 4.74. The Morgan fingerprint density at radius 2 is 2.00 bits per heavy atom. The van der Waals surface area contributed by atoms with Gasteiger partial charge in [-0.25, -0.2) is 14.5 Å². The summed E-state index contributed by atoms with van der Waals surface area (Å²) in [6.07, 6.45) is 7.30. The van der Waals surface area contributed by atoms with Crippen LogP contribution < -0.4 is 5.69 Å². The van der Waals surface area contributed by atoms with Crippen LogP contribution in [0.1, 0.15) is 44.3 Å². The van der Waals surface area contributed by atoms with E-state index < -0.39 is 0 Å². The third kappa shape index (κ3) is 3.42. The number of H-pyrrole nitrogens is 1. The summed E-state index contributed by atoms with van der Waals surface area (Å²) < 4.78 is 1.68. The highest BCUT2D eigenvalue weighted by Crippen LogP contribution is 2.29. The molecule has 25 heavy (non-hydrogen) atoms. The first-order valence-corrected chi connectivity index (χ1v) is 10.1. The minimum absolute atomic E-state index is 0.175. The fraction of sp³-hybridized carbons (Fsp3) is 0.611. The largest absolute Gasteiger partial charge is 0.348 e. The van der Waals surface area contributed by atoms with Crippen LogP contribution in [0.3, 0.4) is 0 Å². The molecule has 7 heteroatoms. The Morgan fingerprint density at radius 1 is 1.24 bits per heavy atom. The zero-order valence-electron chi connectivity index (χ0n) is 14.3. The van der Waals surface area contributed by atoms with E-state index in [0.717, 1.165) is 56.0 Å². The van der Waals surface area contributed by atoms with Crippen LogP contribution in [-0.2, 0) is 11.2 Å². The number of likely N-dealkylation sites (tertiary alicyclic amines) is 1. The maximum Gasteiger partial charge on any atom is 0.348 e. The number of thiophene rings is 1. The highest BCUT2D eigenvalue weighted by Gasteiger charge is 2.30. The number of aromatic amines is 1. The minimum atomic E-state index is -0.175. The van der Waals surface area contributed by atoms with Gasteiger partial charge in [0.2, 0.25) is 5.91 Å². The van der Waals surface area contributed by atoms with Crippen molar-refractivity contribution >= 4 is 17.2 Å². The fourth-order valence-electron chi connectivity index (χ4n) is 4.14. The van der Waals surface area contributed by atoms with E-state index in [-0.39, 0.29) is 11.6 Å². The van der Waals surface area contributed by atoms with E-state index in [1.165, 1.54) is 24.2 Å². The summed E-state index contributed by atoms with van der Waals surface area (Å²) in [5.74, 6) is 1.91. The molecule has 2 aromatic rings. The molecule has 0 spiro atoms. The molecule has 2 aliphatic rings. The van der Waals surface area contributed by atoms with Gasteiger partial charge in [0.05, 0.1) is 0 Å². The fourth-order valence-corrected chi connectivity index (χ4v) is 4.88. The Balaban J connectivity index is 1.38. The van der Waals surface area contributed by atoms with Crippen LogP contribution in [0.25, 0.3) is 5.00 Å². The summed E-state index contributed by atoms with van der Waals surface area (Å²) in [5, 5.41) is 9.68. The second-order valence-electron chi connectivity index (χ2n) is 7.19. The molecule has 1 amide bonds. The number of rotatable bonds is 4. The van der Waals surface area contributed by atoms with E-state index in [0.29, 0.717) is 11.8 Å². The average Bonchev–Trinajstić information content (AvgIpc) is 3.37. The van der Waals surface area contributed by atoms with Gasteiger partial charge in [0, 0.05) is 25.4 Å². The summed E-state index contributed by atoms with van der Waals surface area (Å²) in [6.45, 7) is 1.68. The molecule has 1 aliphatic carbocycles. The normalized spacial score (nSPS) is 19.6. The molecule has 1 aliphatic heterocycles. The molecule has 1 saturated carbocycles. The highest BCUT2D eigenvalue weighted by atomic mass is 32.1. The van der Waals surface area contributed by atoms with Gasteiger partial charge in [-0.3, -0.25) is 4.79 Å². The predicted octanol–water partition coefficient (Wildman–Crippen LogP) is 2.59. The Labute approximate surface area is 150 Å². The molecule has 0 radical (unpaired) electrons. The molecule has 4 rings (SSSR count). The van der Waals surface area contributed by atoms with Crippen LogP contribution in [0.2, 0.25) is 0 Å². The Bertz CT molecular complexity index is 765. The number of nitrogens with one attached hydrogen (secondary N) is 1. The lowest BCUT2D eigenvalue weighted by atomic mass is 9.92. The second kappa shape index (κ2) is 7.15. The number of carbonyl (C=O) groups excluding carboxylic acids is 1. The molecule has 2 aromatic heterocycles. The monoisotopic (exact) mass is 360 g/mol. The summed E-state index contributed by atoms with van der Waals surface area (Å²) in [5.41, 5.74) is -0.175. The maximum atomic E-state index is 12.5. The van der Waals surface area contributed by atoms with Gasteiger partial charge in [-0.1, -0.05) is 12.8 Å². The van der Waals surface area contributed by atoms with E-state index in [1.807, 2.05) is 17.5 Å². The van der Waals surface area contributed by atoms with Gasteiger partial charge in [0.15, 0.2) is 0 Å². The quantitative estimate of drug-likeness (QED) is 0.911. The lowest BCUT2D eigenvalue weighted by Crippen LogP contribution is -2.41. The molecular weight excluding hydrogens is 336 g/mol. The van der Waals surface area contributed by atoms with Crippen LogP contribution in [-0.4, -0.2) is 38.7 Å². The van der Waals surface area contributed by atoms with Gasteiger partial charge < -0.3 is 4.90 Å². The Morgan fingerprint density at radius 3 is 2.68 bits per heavy atom. The zero-order valence-corrected chi connectivity index (χ0v) is 15.1. The van der Waals surface area contributed by atoms with Crippen molar-refractivity contribution < 1.29 is 4.79 Å². The number of carbonyl (C=O) groups is 1. The lowest BCUT2D eigenvalue weighted by molar-refractivity contribution is -0.136. The van der Waals surface area contributed by atoms with Crippen molar-refractivity contribution in [1.82, 2.24) is 19.7 Å². The molecule has 0 unspecified atom stereocenters. The smallest absolute Gasteiger partial charge is 0.342 e. The van der Waals surface area contributed by atoms with Gasteiger partial charge in [-0.2, -0.15) is 5.10 Å². The standard InChI is InChI=1S/C18H24N4O2S/c23-17(14-4-1-2-5-14)21-9-7-13(8-10-21)12-15-19-20-18(24)22(15)16-6-3-11-25-16/h3,6,11,13-14H,1-2,4-5,7-10,12H2,(H,20,24). The van der Waals surface area contributed by atoms with Crippen LogP contribution in [0.15, 0.2) is 22.3 Å². The first-order chi connectivity index (χ1) is 12.2. The van der Waals surface area contributed by atoms with Crippen LogP contribution in [0.5, 0.6) is 0 Å². The van der Waals surface area contributed by atoms with Gasteiger partial charge >= 0.3 is 5.69 Å². The van der Waals surface area contributed by atoms with Gasteiger partial charge in [-0.15, -0.1) is 11.3 Å². The minimum Gasteiger partial charge on any atom is -0.342 e. The van der Waals surface area contributed by atoms with Crippen molar-refractivity contribution in [2.45, 2.75) is 44.9 Å². The number of hydrogen-bond donors (Lipinski definition) is 1. The molecule has 2 fully saturated rings. The summed E-state index contributed by atoms with van der Waals surface area (Å²) >= 11 is 1.54. The molecule has 3 heterocycles. The molecule has 1 N–H and O–H groups in total. The van der Waals surface area contributed by atoms with Gasteiger partial charge in [-0.05, 0) is 49.1 Å². The van der Waals surface area contributed by atoms with Crippen molar-refractivity contribution in [2.24, 2.45) is 11.8 Å². The number of nitrogens with zero attached hydrogens (tertiary/aromatic N) is 3. The van der Waals surface area contributed by atoms with E-state index in [4.69, 9.17) is 0 Å². The first kappa shape index (κ1) is 16.6. The Hall–Kier alpha value is -1.89. The molecule has 0 atom stereocenters.